The quantitative estimate of drug-likeness (QED) is 0.813. The zero-order valence-corrected chi connectivity index (χ0v) is 14.5. The molecule has 0 spiro atoms. The van der Waals surface area contributed by atoms with Crippen molar-refractivity contribution < 1.29 is 17.9 Å². The average Bonchev–Trinajstić information content (AvgIpc) is 2.55. The number of anilines is 1. The van der Waals surface area contributed by atoms with Gasteiger partial charge in [0.25, 0.3) is 10.0 Å². The van der Waals surface area contributed by atoms with E-state index in [1.807, 2.05) is 13.8 Å². The summed E-state index contributed by atoms with van der Waals surface area (Å²) < 4.78 is 37.6. The molecule has 0 aliphatic rings. The van der Waals surface area contributed by atoms with E-state index in [4.69, 9.17) is 9.47 Å². The summed E-state index contributed by atoms with van der Waals surface area (Å²) in [7, 11) is -0.545. The SMILES string of the molecule is COc1ccc(N(C(C)C)S(=O)(=O)c2ccc(OC)cc2)cc1. The zero-order valence-electron chi connectivity index (χ0n) is 13.7. The van der Waals surface area contributed by atoms with E-state index in [1.165, 1.54) is 4.31 Å². The molecule has 0 heterocycles. The molecule has 0 aliphatic carbocycles. The largest absolute Gasteiger partial charge is 0.497 e. The molecule has 0 radical (unpaired) electrons. The lowest BCUT2D eigenvalue weighted by Crippen LogP contribution is -2.36. The average molecular weight is 335 g/mol. The van der Waals surface area contributed by atoms with Crippen molar-refractivity contribution in [2.75, 3.05) is 18.5 Å². The van der Waals surface area contributed by atoms with Crippen LogP contribution in [0.15, 0.2) is 53.4 Å². The van der Waals surface area contributed by atoms with E-state index in [9.17, 15) is 8.42 Å². The number of ether oxygens (including phenoxy) is 2. The van der Waals surface area contributed by atoms with Gasteiger partial charge < -0.3 is 9.47 Å². The van der Waals surface area contributed by atoms with Gasteiger partial charge in [0.1, 0.15) is 11.5 Å². The fourth-order valence-electron chi connectivity index (χ4n) is 2.30. The number of hydrogen-bond acceptors (Lipinski definition) is 4. The van der Waals surface area contributed by atoms with Gasteiger partial charge >= 0.3 is 0 Å². The maximum absolute atomic E-state index is 13.0. The Balaban J connectivity index is 2.45. The predicted octanol–water partition coefficient (Wildman–Crippen LogP) is 3.31. The summed E-state index contributed by atoms with van der Waals surface area (Å²) in [5.74, 6) is 1.30. The summed E-state index contributed by atoms with van der Waals surface area (Å²) >= 11 is 0. The molecule has 0 fully saturated rings. The Morgan fingerprint density at radius 3 is 1.65 bits per heavy atom. The van der Waals surface area contributed by atoms with Crippen molar-refractivity contribution in [3.8, 4) is 11.5 Å². The van der Waals surface area contributed by atoms with Crippen LogP contribution < -0.4 is 13.8 Å². The lowest BCUT2D eigenvalue weighted by molar-refractivity contribution is 0.414. The molecule has 0 unspecified atom stereocenters. The highest BCUT2D eigenvalue weighted by atomic mass is 32.2. The number of benzene rings is 2. The van der Waals surface area contributed by atoms with Crippen LogP contribution in [-0.4, -0.2) is 28.7 Å². The van der Waals surface area contributed by atoms with Crippen molar-refractivity contribution in [3.63, 3.8) is 0 Å². The molecule has 0 amide bonds. The normalized spacial score (nSPS) is 11.3. The second kappa shape index (κ2) is 6.91. The first kappa shape index (κ1) is 17.1. The lowest BCUT2D eigenvalue weighted by Gasteiger charge is -2.28. The lowest BCUT2D eigenvalue weighted by atomic mass is 10.2. The van der Waals surface area contributed by atoms with Gasteiger partial charge in [-0.05, 0) is 62.4 Å². The highest BCUT2D eigenvalue weighted by molar-refractivity contribution is 7.92. The Morgan fingerprint density at radius 2 is 1.26 bits per heavy atom. The molecule has 2 rings (SSSR count). The third-order valence-electron chi connectivity index (χ3n) is 3.41. The first-order chi connectivity index (χ1) is 10.9. The van der Waals surface area contributed by atoms with Crippen LogP contribution in [-0.2, 0) is 10.0 Å². The molecule has 0 N–H and O–H groups in total. The summed E-state index contributed by atoms with van der Waals surface area (Å²) in [6.45, 7) is 3.68. The van der Waals surface area contributed by atoms with Crippen molar-refractivity contribution >= 4 is 15.7 Å². The van der Waals surface area contributed by atoms with Crippen molar-refractivity contribution in [1.29, 1.82) is 0 Å². The van der Waals surface area contributed by atoms with Gasteiger partial charge in [0.2, 0.25) is 0 Å². The first-order valence-electron chi connectivity index (χ1n) is 7.22. The molecule has 124 valence electrons. The molecule has 2 aromatic carbocycles. The molecular weight excluding hydrogens is 314 g/mol. The molecule has 0 aromatic heterocycles. The summed E-state index contributed by atoms with van der Waals surface area (Å²) in [5.41, 5.74) is 0.594. The number of nitrogens with zero attached hydrogens (tertiary/aromatic N) is 1. The van der Waals surface area contributed by atoms with Gasteiger partial charge in [0, 0.05) is 6.04 Å². The van der Waals surface area contributed by atoms with Gasteiger partial charge in [-0.25, -0.2) is 8.42 Å². The van der Waals surface area contributed by atoms with Gasteiger partial charge in [-0.1, -0.05) is 0 Å². The fourth-order valence-corrected chi connectivity index (χ4v) is 3.97. The summed E-state index contributed by atoms with van der Waals surface area (Å²) in [5, 5.41) is 0. The number of methoxy groups -OCH3 is 2. The van der Waals surface area contributed by atoms with Crippen molar-refractivity contribution in [3.05, 3.63) is 48.5 Å². The molecule has 5 nitrogen and oxygen atoms in total. The standard InChI is InChI=1S/C17H21NO4S/c1-13(2)18(14-5-7-15(21-3)8-6-14)23(19,20)17-11-9-16(22-4)10-12-17/h5-13H,1-4H3. The molecule has 0 bridgehead atoms. The van der Waals surface area contributed by atoms with E-state index < -0.39 is 10.0 Å². The second-order valence-electron chi connectivity index (χ2n) is 5.27. The minimum Gasteiger partial charge on any atom is -0.497 e. The maximum Gasteiger partial charge on any atom is 0.264 e. The van der Waals surface area contributed by atoms with Gasteiger partial charge in [-0.2, -0.15) is 0 Å². The van der Waals surface area contributed by atoms with Crippen molar-refractivity contribution in [1.82, 2.24) is 0 Å². The minimum absolute atomic E-state index is 0.225. The Bertz CT molecular complexity index is 737. The molecular formula is C17H21NO4S. The Labute approximate surface area is 137 Å². The number of hydrogen-bond donors (Lipinski definition) is 0. The smallest absolute Gasteiger partial charge is 0.264 e. The summed E-state index contributed by atoms with van der Waals surface area (Å²) in [4.78, 5) is 0.225. The van der Waals surface area contributed by atoms with E-state index in [-0.39, 0.29) is 10.9 Å². The van der Waals surface area contributed by atoms with Crippen LogP contribution in [0.3, 0.4) is 0 Å². The Kier molecular flexibility index (Phi) is 5.15. The van der Waals surface area contributed by atoms with Crippen LogP contribution in [0.25, 0.3) is 0 Å². The molecule has 23 heavy (non-hydrogen) atoms. The molecule has 0 atom stereocenters. The van der Waals surface area contributed by atoms with Gasteiger partial charge in [-0.15, -0.1) is 0 Å². The molecule has 0 aliphatic heterocycles. The second-order valence-corrected chi connectivity index (χ2v) is 7.08. The molecule has 0 saturated heterocycles. The molecule has 2 aromatic rings. The van der Waals surface area contributed by atoms with E-state index in [0.717, 1.165) is 0 Å². The first-order valence-corrected chi connectivity index (χ1v) is 8.66. The zero-order chi connectivity index (χ0) is 17.0. The van der Waals surface area contributed by atoms with Crippen LogP contribution in [0.2, 0.25) is 0 Å². The fraction of sp³-hybridized carbons (Fsp3) is 0.294. The van der Waals surface area contributed by atoms with Crippen LogP contribution in [0.5, 0.6) is 11.5 Å². The van der Waals surface area contributed by atoms with Gasteiger partial charge in [-0.3, -0.25) is 4.31 Å². The maximum atomic E-state index is 13.0. The monoisotopic (exact) mass is 335 g/mol. The molecule has 6 heteroatoms. The van der Waals surface area contributed by atoms with Crippen LogP contribution in [0, 0.1) is 0 Å². The Hall–Kier alpha value is -2.21. The third-order valence-corrected chi connectivity index (χ3v) is 5.43. The van der Waals surface area contributed by atoms with E-state index in [2.05, 4.69) is 0 Å². The summed E-state index contributed by atoms with van der Waals surface area (Å²) in [6.07, 6.45) is 0. The molecule has 0 saturated carbocycles. The number of sulfonamides is 1. The van der Waals surface area contributed by atoms with Crippen LogP contribution >= 0.6 is 0 Å². The minimum atomic E-state index is -3.66. The van der Waals surface area contributed by atoms with Gasteiger partial charge in [0.05, 0.1) is 24.8 Å². The Morgan fingerprint density at radius 1 is 0.826 bits per heavy atom. The van der Waals surface area contributed by atoms with Crippen LogP contribution in [0.4, 0.5) is 5.69 Å². The highest BCUT2D eigenvalue weighted by Gasteiger charge is 2.27. The van der Waals surface area contributed by atoms with Crippen LogP contribution in [0.1, 0.15) is 13.8 Å². The third kappa shape index (κ3) is 3.59. The topological polar surface area (TPSA) is 55.8 Å². The van der Waals surface area contributed by atoms with E-state index in [1.54, 1.807) is 62.8 Å². The van der Waals surface area contributed by atoms with E-state index >= 15 is 0 Å². The highest BCUT2D eigenvalue weighted by Crippen LogP contribution is 2.28. The van der Waals surface area contributed by atoms with Gasteiger partial charge in [0.15, 0.2) is 0 Å². The predicted molar refractivity (Wildman–Crippen MR) is 90.8 cm³/mol. The van der Waals surface area contributed by atoms with Crippen molar-refractivity contribution in [2.24, 2.45) is 0 Å². The summed E-state index contributed by atoms with van der Waals surface area (Å²) in [6, 6.07) is 13.1. The van der Waals surface area contributed by atoms with Crippen molar-refractivity contribution in [2.45, 2.75) is 24.8 Å². The number of rotatable bonds is 6. The van der Waals surface area contributed by atoms with E-state index in [0.29, 0.717) is 17.2 Å².